The van der Waals surface area contributed by atoms with E-state index in [1.54, 1.807) is 0 Å². The number of nitrogens with zero attached hydrogens (tertiary/aromatic N) is 1. The fourth-order valence-corrected chi connectivity index (χ4v) is 2.26. The first-order valence-corrected chi connectivity index (χ1v) is 5.95. The molecule has 1 aromatic carbocycles. The van der Waals surface area contributed by atoms with Crippen molar-refractivity contribution in [2.45, 2.75) is 12.5 Å². The summed E-state index contributed by atoms with van der Waals surface area (Å²) < 4.78 is 65.8. The molecule has 1 unspecified atom stereocenters. The highest BCUT2D eigenvalue weighted by Crippen LogP contribution is 2.28. The van der Waals surface area contributed by atoms with Gasteiger partial charge < -0.3 is 5.73 Å². The first-order chi connectivity index (χ1) is 8.93. The Hall–Kier alpha value is -1.54. The predicted octanol–water partition coefficient (Wildman–Crippen LogP) is 3.08. The molecule has 0 bridgehead atoms. The number of benzene rings is 1. The first kappa shape index (κ1) is 13.9. The van der Waals surface area contributed by atoms with Gasteiger partial charge in [0.1, 0.15) is 0 Å². The van der Waals surface area contributed by atoms with Crippen molar-refractivity contribution in [3.8, 4) is 0 Å². The molecular weight excluding hydrogens is 287 g/mol. The van der Waals surface area contributed by atoms with Gasteiger partial charge >= 0.3 is 0 Å². The number of thiazole rings is 1. The van der Waals surface area contributed by atoms with Crippen LogP contribution in [0.15, 0.2) is 11.7 Å². The third-order valence-corrected chi connectivity index (χ3v) is 3.32. The van der Waals surface area contributed by atoms with E-state index in [9.17, 15) is 22.0 Å². The van der Waals surface area contributed by atoms with Crippen LogP contribution in [0.1, 0.15) is 16.5 Å². The van der Waals surface area contributed by atoms with Crippen molar-refractivity contribution in [3.63, 3.8) is 0 Å². The van der Waals surface area contributed by atoms with Gasteiger partial charge in [0, 0.05) is 29.1 Å². The number of hydrogen-bond acceptors (Lipinski definition) is 3. The van der Waals surface area contributed by atoms with Gasteiger partial charge in [-0.05, 0) is 0 Å². The molecule has 0 radical (unpaired) electrons. The average Bonchev–Trinajstić information content (AvgIpc) is 2.87. The van der Waals surface area contributed by atoms with Crippen molar-refractivity contribution in [3.05, 3.63) is 51.2 Å². The van der Waals surface area contributed by atoms with E-state index in [-0.39, 0.29) is 6.42 Å². The molecule has 1 atom stereocenters. The second-order valence-corrected chi connectivity index (χ2v) is 4.73. The van der Waals surface area contributed by atoms with Crippen molar-refractivity contribution < 1.29 is 22.0 Å². The lowest BCUT2D eigenvalue weighted by atomic mass is 10.0. The van der Waals surface area contributed by atoms with Crippen molar-refractivity contribution in [2.24, 2.45) is 5.73 Å². The summed E-state index contributed by atoms with van der Waals surface area (Å²) >= 11 is 1.17. The van der Waals surface area contributed by atoms with Crippen LogP contribution in [-0.4, -0.2) is 4.98 Å². The van der Waals surface area contributed by atoms with E-state index in [2.05, 4.69) is 4.98 Å². The van der Waals surface area contributed by atoms with Crippen LogP contribution in [0, 0.1) is 29.1 Å². The molecule has 19 heavy (non-hydrogen) atoms. The van der Waals surface area contributed by atoms with Gasteiger partial charge in [0.25, 0.3) is 0 Å². The molecule has 2 aromatic rings. The molecule has 0 saturated heterocycles. The van der Waals surface area contributed by atoms with Crippen LogP contribution in [0.2, 0.25) is 0 Å². The minimum Gasteiger partial charge on any atom is -0.323 e. The molecule has 0 aliphatic rings. The van der Waals surface area contributed by atoms with Crippen molar-refractivity contribution in [2.75, 3.05) is 0 Å². The summed E-state index contributed by atoms with van der Waals surface area (Å²) in [6.45, 7) is 0. The molecule has 0 aliphatic heterocycles. The van der Waals surface area contributed by atoms with Crippen LogP contribution in [0.5, 0.6) is 0 Å². The number of rotatable bonds is 3. The highest BCUT2D eigenvalue weighted by atomic mass is 32.1. The van der Waals surface area contributed by atoms with Crippen molar-refractivity contribution in [1.29, 1.82) is 0 Å². The van der Waals surface area contributed by atoms with Gasteiger partial charge in [-0.1, -0.05) is 0 Å². The largest absolute Gasteiger partial charge is 0.323 e. The lowest BCUT2D eigenvalue weighted by Gasteiger charge is -2.14. The summed E-state index contributed by atoms with van der Waals surface area (Å²) in [5, 5.41) is 0. The van der Waals surface area contributed by atoms with Gasteiger partial charge in [0.15, 0.2) is 23.3 Å². The number of hydrogen-bond donors (Lipinski definition) is 1. The van der Waals surface area contributed by atoms with Gasteiger partial charge in [-0.3, -0.25) is 4.98 Å². The van der Waals surface area contributed by atoms with E-state index in [1.165, 1.54) is 23.0 Å². The normalized spacial score (nSPS) is 12.7. The van der Waals surface area contributed by atoms with E-state index in [0.717, 1.165) is 0 Å². The summed E-state index contributed by atoms with van der Waals surface area (Å²) in [5.41, 5.74) is 5.98. The second kappa shape index (κ2) is 5.22. The molecule has 102 valence electrons. The van der Waals surface area contributed by atoms with E-state index >= 15 is 0 Å². The maximum absolute atomic E-state index is 13.5. The molecule has 1 aromatic heterocycles. The predicted molar refractivity (Wildman–Crippen MR) is 59.0 cm³/mol. The Labute approximate surface area is 108 Å². The number of halogens is 5. The molecule has 1 heterocycles. The molecular formula is C11H7F5N2S. The molecule has 0 aliphatic carbocycles. The molecule has 0 fully saturated rings. The zero-order valence-corrected chi connectivity index (χ0v) is 10.1. The third-order valence-electron chi connectivity index (χ3n) is 2.52. The van der Waals surface area contributed by atoms with Crippen LogP contribution < -0.4 is 5.73 Å². The van der Waals surface area contributed by atoms with E-state index in [0.29, 0.717) is 4.88 Å². The summed E-state index contributed by atoms with van der Waals surface area (Å²) in [4.78, 5) is 4.31. The smallest absolute Gasteiger partial charge is 0.200 e. The van der Waals surface area contributed by atoms with E-state index < -0.39 is 40.7 Å². The highest BCUT2D eigenvalue weighted by Gasteiger charge is 2.29. The molecule has 0 spiro atoms. The molecule has 2 nitrogen and oxygen atoms in total. The summed E-state index contributed by atoms with van der Waals surface area (Å²) in [6, 6.07) is -1.34. The van der Waals surface area contributed by atoms with Gasteiger partial charge in [0.05, 0.1) is 5.51 Å². The third kappa shape index (κ3) is 2.45. The van der Waals surface area contributed by atoms with E-state index in [1.807, 2.05) is 0 Å². The summed E-state index contributed by atoms with van der Waals surface area (Å²) in [7, 11) is 0. The monoisotopic (exact) mass is 294 g/mol. The van der Waals surface area contributed by atoms with Crippen LogP contribution in [0.25, 0.3) is 0 Å². The standard InChI is InChI=1S/C11H7F5N2S/c12-7-6(5(17)1-4-2-18-3-19-4)8(13)10(15)11(16)9(7)14/h2-3,5H,1,17H2. The summed E-state index contributed by atoms with van der Waals surface area (Å²) in [5.74, 6) is -9.96. The topological polar surface area (TPSA) is 38.9 Å². The quantitative estimate of drug-likeness (QED) is 0.537. The zero-order valence-electron chi connectivity index (χ0n) is 9.26. The van der Waals surface area contributed by atoms with Gasteiger partial charge in [0.2, 0.25) is 5.82 Å². The fraction of sp³-hybridized carbons (Fsp3) is 0.182. The van der Waals surface area contributed by atoms with Crippen molar-refractivity contribution in [1.82, 2.24) is 4.98 Å². The average molecular weight is 294 g/mol. The molecule has 0 amide bonds. The minimum atomic E-state index is -2.19. The van der Waals surface area contributed by atoms with Gasteiger partial charge in [-0.15, -0.1) is 11.3 Å². The molecule has 2 rings (SSSR count). The zero-order chi connectivity index (χ0) is 14.2. The van der Waals surface area contributed by atoms with Gasteiger partial charge in [-0.2, -0.15) is 0 Å². The second-order valence-electron chi connectivity index (χ2n) is 3.76. The maximum Gasteiger partial charge on any atom is 0.200 e. The number of nitrogens with two attached hydrogens (primary N) is 1. The van der Waals surface area contributed by atoms with Gasteiger partial charge in [-0.25, -0.2) is 22.0 Å². The van der Waals surface area contributed by atoms with Crippen LogP contribution in [-0.2, 0) is 6.42 Å². The molecule has 0 saturated carbocycles. The Balaban J connectivity index is 2.44. The highest BCUT2D eigenvalue weighted by molar-refractivity contribution is 7.09. The molecule has 8 heteroatoms. The Morgan fingerprint density at radius 1 is 1.00 bits per heavy atom. The SMILES string of the molecule is NC(Cc1cncs1)c1c(F)c(F)c(F)c(F)c1F. The minimum absolute atomic E-state index is 0.0664. The fourth-order valence-electron chi connectivity index (χ4n) is 1.61. The Bertz CT molecular complexity index is 571. The number of aromatic nitrogens is 1. The van der Waals surface area contributed by atoms with Crippen molar-refractivity contribution >= 4 is 11.3 Å². The first-order valence-electron chi connectivity index (χ1n) is 5.07. The van der Waals surface area contributed by atoms with Crippen LogP contribution in [0.3, 0.4) is 0 Å². The Kier molecular flexibility index (Phi) is 3.81. The lowest BCUT2D eigenvalue weighted by molar-refractivity contribution is 0.364. The maximum atomic E-state index is 13.5. The van der Waals surface area contributed by atoms with E-state index in [4.69, 9.17) is 5.73 Å². The Morgan fingerprint density at radius 2 is 1.53 bits per heavy atom. The lowest BCUT2D eigenvalue weighted by Crippen LogP contribution is -2.19. The van der Waals surface area contributed by atoms with Crippen LogP contribution >= 0.6 is 11.3 Å². The molecule has 2 N–H and O–H groups in total. The Morgan fingerprint density at radius 3 is 2.00 bits per heavy atom. The van der Waals surface area contributed by atoms with Crippen LogP contribution in [0.4, 0.5) is 22.0 Å². The summed E-state index contributed by atoms with van der Waals surface area (Å²) in [6.07, 6.45) is 1.35.